The molecule has 0 saturated heterocycles. The van der Waals surface area contributed by atoms with Crippen molar-refractivity contribution in [3.63, 3.8) is 0 Å². The van der Waals surface area contributed by atoms with Crippen LogP contribution in [0.1, 0.15) is 35.7 Å². The van der Waals surface area contributed by atoms with Crippen molar-refractivity contribution < 1.29 is 19.4 Å². The fraction of sp³-hybridized carbons (Fsp3) is 0.500. The van der Waals surface area contributed by atoms with Crippen molar-refractivity contribution in [2.75, 3.05) is 14.2 Å². The summed E-state index contributed by atoms with van der Waals surface area (Å²) in [4.78, 5) is 12.2. The molecule has 0 aromatic heterocycles. The number of ether oxygens (including phenoxy) is 2. The molecule has 1 aromatic rings. The van der Waals surface area contributed by atoms with Gasteiger partial charge in [0.2, 0.25) is 0 Å². The summed E-state index contributed by atoms with van der Waals surface area (Å²) in [6, 6.07) is 3.50. The predicted octanol–water partition coefficient (Wildman–Crippen LogP) is 1.97. The normalized spacial score (nSPS) is 22.6. The van der Waals surface area contributed by atoms with Gasteiger partial charge in [0.15, 0.2) is 5.78 Å². The molecule has 1 N–H and O–H groups in total. The fourth-order valence-corrected chi connectivity index (χ4v) is 2.48. The lowest BCUT2D eigenvalue weighted by molar-refractivity contribution is 0.0225. The zero-order valence-corrected chi connectivity index (χ0v) is 10.9. The van der Waals surface area contributed by atoms with Crippen LogP contribution in [-0.4, -0.2) is 30.7 Å². The van der Waals surface area contributed by atoms with Gasteiger partial charge in [0.25, 0.3) is 0 Å². The van der Waals surface area contributed by atoms with Gasteiger partial charge in [-0.2, -0.15) is 0 Å². The van der Waals surface area contributed by atoms with E-state index in [1.165, 1.54) is 7.11 Å². The molecule has 0 aliphatic heterocycles. The van der Waals surface area contributed by atoms with Crippen molar-refractivity contribution >= 4 is 5.78 Å². The number of methoxy groups -OCH3 is 2. The van der Waals surface area contributed by atoms with E-state index in [-0.39, 0.29) is 12.2 Å². The van der Waals surface area contributed by atoms with Crippen LogP contribution in [0.4, 0.5) is 0 Å². The van der Waals surface area contributed by atoms with E-state index in [2.05, 4.69) is 0 Å². The first-order chi connectivity index (χ1) is 8.54. The zero-order chi connectivity index (χ0) is 13.3. The highest BCUT2D eigenvalue weighted by Crippen LogP contribution is 2.40. The lowest BCUT2D eigenvalue weighted by atomic mass is 9.77. The van der Waals surface area contributed by atoms with Crippen LogP contribution in [-0.2, 0) is 6.42 Å². The van der Waals surface area contributed by atoms with Gasteiger partial charge in [-0.25, -0.2) is 0 Å². The lowest BCUT2D eigenvalue weighted by Gasteiger charge is -2.33. The van der Waals surface area contributed by atoms with E-state index < -0.39 is 5.60 Å². The number of fused-ring (bicyclic) bond motifs is 1. The highest BCUT2D eigenvalue weighted by molar-refractivity contribution is 6.02. The van der Waals surface area contributed by atoms with Gasteiger partial charge in [-0.15, -0.1) is 0 Å². The molecule has 1 aliphatic carbocycles. The van der Waals surface area contributed by atoms with Gasteiger partial charge < -0.3 is 14.6 Å². The Labute approximate surface area is 107 Å². The molecule has 0 fully saturated rings. The summed E-state index contributed by atoms with van der Waals surface area (Å²) < 4.78 is 10.5. The Bertz CT molecular complexity index is 481. The van der Waals surface area contributed by atoms with Crippen LogP contribution < -0.4 is 9.47 Å². The number of Topliss-reactive ketones (excluding diaryl/α,β-unsaturated/α-hetero) is 1. The highest BCUT2D eigenvalue weighted by atomic mass is 16.5. The molecule has 0 spiro atoms. The van der Waals surface area contributed by atoms with E-state index in [1.807, 2.05) is 6.92 Å². The van der Waals surface area contributed by atoms with Crippen LogP contribution in [0.5, 0.6) is 11.5 Å². The first-order valence-corrected chi connectivity index (χ1v) is 6.04. The van der Waals surface area contributed by atoms with Crippen molar-refractivity contribution in [3.05, 3.63) is 23.3 Å². The van der Waals surface area contributed by atoms with Crippen LogP contribution >= 0.6 is 0 Å². The molecule has 4 nitrogen and oxygen atoms in total. The summed E-state index contributed by atoms with van der Waals surface area (Å²) >= 11 is 0. The largest absolute Gasteiger partial charge is 0.496 e. The molecule has 1 unspecified atom stereocenters. The number of hydrogen-bond acceptors (Lipinski definition) is 4. The minimum absolute atomic E-state index is 0.0867. The van der Waals surface area contributed by atoms with Crippen LogP contribution in [0, 0.1) is 0 Å². The van der Waals surface area contributed by atoms with Crippen molar-refractivity contribution in [3.8, 4) is 11.5 Å². The van der Waals surface area contributed by atoms with Gasteiger partial charge in [0.05, 0.1) is 25.4 Å². The average Bonchev–Trinajstić information content (AvgIpc) is 2.37. The number of rotatable bonds is 3. The Morgan fingerprint density at radius 2 is 1.83 bits per heavy atom. The Balaban J connectivity index is 2.60. The van der Waals surface area contributed by atoms with Crippen LogP contribution in [0.15, 0.2) is 12.1 Å². The Kier molecular flexibility index (Phi) is 3.30. The van der Waals surface area contributed by atoms with Crippen molar-refractivity contribution in [2.45, 2.75) is 31.8 Å². The molecular weight excluding hydrogens is 232 g/mol. The van der Waals surface area contributed by atoms with Crippen molar-refractivity contribution in [2.24, 2.45) is 0 Å². The number of hydrogen-bond donors (Lipinski definition) is 1. The first kappa shape index (κ1) is 12.9. The third-order valence-electron chi connectivity index (χ3n) is 3.60. The van der Waals surface area contributed by atoms with Crippen LogP contribution in [0.25, 0.3) is 0 Å². The summed E-state index contributed by atoms with van der Waals surface area (Å²) in [7, 11) is 3.10. The number of ketones is 1. The lowest BCUT2D eigenvalue weighted by Crippen LogP contribution is -2.38. The van der Waals surface area contributed by atoms with Crippen molar-refractivity contribution in [1.29, 1.82) is 0 Å². The number of carbonyl (C=O) groups excluding carboxylic acids is 1. The second-order valence-electron chi connectivity index (χ2n) is 4.68. The molecule has 98 valence electrons. The molecule has 0 heterocycles. The summed E-state index contributed by atoms with van der Waals surface area (Å²) in [6.45, 7) is 1.88. The molecule has 2 rings (SSSR count). The Hall–Kier alpha value is -1.55. The predicted molar refractivity (Wildman–Crippen MR) is 67.4 cm³/mol. The van der Waals surface area contributed by atoms with Crippen LogP contribution in [0.3, 0.4) is 0 Å². The van der Waals surface area contributed by atoms with Crippen molar-refractivity contribution in [1.82, 2.24) is 0 Å². The molecule has 0 radical (unpaired) electrons. The number of carbonyl (C=O) groups is 1. The van der Waals surface area contributed by atoms with Gasteiger partial charge in [0, 0.05) is 18.4 Å². The standard InChI is InChI=1S/C14H18O4/c1-4-14(16)7-9-11(17-2)5-6-12(18-3)13(9)10(15)8-14/h5-6,16H,4,7-8H2,1-3H3. The summed E-state index contributed by atoms with van der Waals surface area (Å²) in [6.07, 6.45) is 1.10. The first-order valence-electron chi connectivity index (χ1n) is 6.04. The summed E-state index contributed by atoms with van der Waals surface area (Å²) in [5.41, 5.74) is 0.330. The molecule has 0 amide bonds. The highest BCUT2D eigenvalue weighted by Gasteiger charge is 2.38. The minimum atomic E-state index is -0.969. The van der Waals surface area contributed by atoms with Gasteiger partial charge in [0.1, 0.15) is 11.5 Å². The maximum absolute atomic E-state index is 12.2. The quantitative estimate of drug-likeness (QED) is 0.891. The summed E-state index contributed by atoms with van der Waals surface area (Å²) in [5, 5.41) is 10.4. The smallest absolute Gasteiger partial charge is 0.169 e. The van der Waals surface area contributed by atoms with E-state index >= 15 is 0 Å². The molecule has 4 heteroatoms. The monoisotopic (exact) mass is 250 g/mol. The van der Waals surface area contributed by atoms with E-state index in [9.17, 15) is 9.90 Å². The number of aliphatic hydroxyl groups is 1. The summed E-state index contributed by atoms with van der Waals surface area (Å²) in [5.74, 6) is 1.09. The second kappa shape index (κ2) is 4.61. The Morgan fingerprint density at radius 3 is 2.39 bits per heavy atom. The van der Waals surface area contributed by atoms with E-state index in [4.69, 9.17) is 9.47 Å². The average molecular weight is 250 g/mol. The molecule has 0 bridgehead atoms. The third-order valence-corrected chi connectivity index (χ3v) is 3.60. The van der Waals surface area contributed by atoms with Gasteiger partial charge >= 0.3 is 0 Å². The van der Waals surface area contributed by atoms with E-state index in [0.29, 0.717) is 29.9 Å². The number of benzene rings is 1. The maximum atomic E-state index is 12.2. The van der Waals surface area contributed by atoms with Gasteiger partial charge in [-0.3, -0.25) is 4.79 Å². The molecule has 1 atom stereocenters. The second-order valence-corrected chi connectivity index (χ2v) is 4.68. The van der Waals surface area contributed by atoms with Crippen LogP contribution in [0.2, 0.25) is 0 Å². The molecule has 18 heavy (non-hydrogen) atoms. The zero-order valence-electron chi connectivity index (χ0n) is 10.9. The third kappa shape index (κ3) is 1.97. The molecular formula is C14H18O4. The van der Waals surface area contributed by atoms with E-state index in [1.54, 1.807) is 19.2 Å². The van der Waals surface area contributed by atoms with Gasteiger partial charge in [-0.1, -0.05) is 6.92 Å². The Morgan fingerprint density at radius 1 is 1.22 bits per heavy atom. The van der Waals surface area contributed by atoms with Gasteiger partial charge in [-0.05, 0) is 18.6 Å². The minimum Gasteiger partial charge on any atom is -0.496 e. The topological polar surface area (TPSA) is 55.8 Å². The SMILES string of the molecule is CCC1(O)CC(=O)c2c(OC)ccc(OC)c2C1. The molecule has 0 saturated carbocycles. The molecule has 1 aromatic carbocycles. The fourth-order valence-electron chi connectivity index (χ4n) is 2.48. The molecule has 1 aliphatic rings. The maximum Gasteiger partial charge on any atom is 0.169 e. The van der Waals surface area contributed by atoms with E-state index in [0.717, 1.165) is 5.56 Å².